The zero-order valence-corrected chi connectivity index (χ0v) is 13.6. The van der Waals surface area contributed by atoms with E-state index in [-0.39, 0.29) is 11.8 Å². The summed E-state index contributed by atoms with van der Waals surface area (Å²) < 4.78 is 5.18. The maximum atomic E-state index is 12.5. The van der Waals surface area contributed by atoms with E-state index in [1.54, 1.807) is 30.6 Å². The molecule has 6 nitrogen and oxygen atoms in total. The summed E-state index contributed by atoms with van der Waals surface area (Å²) in [5.41, 5.74) is 1.75. The van der Waals surface area contributed by atoms with Crippen molar-refractivity contribution >= 4 is 5.91 Å². The number of carbonyl (C=O) groups is 1. The summed E-state index contributed by atoms with van der Waals surface area (Å²) in [4.78, 5) is 22.5. The molecule has 2 aromatic rings. The molecular weight excluding hydrogens is 306 g/mol. The van der Waals surface area contributed by atoms with Crippen LogP contribution >= 0.6 is 0 Å². The van der Waals surface area contributed by atoms with Crippen LogP contribution in [-0.2, 0) is 17.6 Å². The van der Waals surface area contributed by atoms with Gasteiger partial charge < -0.3 is 14.7 Å². The number of carbonyl (C=O) groups excluding carboxylic acids is 1. The third-order valence-corrected chi connectivity index (χ3v) is 4.34. The molecule has 126 valence electrons. The van der Waals surface area contributed by atoms with Crippen LogP contribution in [0.2, 0.25) is 0 Å². The first-order valence-corrected chi connectivity index (χ1v) is 7.99. The number of ether oxygens (including phenoxy) is 1. The Labute approximate surface area is 141 Å². The SMILES string of the molecule is COc1cccc(CC(=O)N2C[C@@H](Cc3cnccn3)[C@H](O)C2)c1. The highest BCUT2D eigenvalue weighted by Gasteiger charge is 2.34. The molecule has 0 radical (unpaired) electrons. The molecular formula is C18H21N3O3. The van der Waals surface area contributed by atoms with Gasteiger partial charge in [-0.05, 0) is 24.1 Å². The van der Waals surface area contributed by atoms with Gasteiger partial charge in [-0.25, -0.2) is 0 Å². The highest BCUT2D eigenvalue weighted by atomic mass is 16.5. The molecule has 3 rings (SSSR count). The van der Waals surface area contributed by atoms with Crippen LogP contribution in [0, 0.1) is 5.92 Å². The van der Waals surface area contributed by atoms with Gasteiger partial charge in [0.1, 0.15) is 5.75 Å². The van der Waals surface area contributed by atoms with E-state index in [1.807, 2.05) is 24.3 Å². The molecule has 2 heterocycles. The Morgan fingerprint density at radius 3 is 3.00 bits per heavy atom. The second-order valence-electron chi connectivity index (χ2n) is 6.06. The van der Waals surface area contributed by atoms with Crippen molar-refractivity contribution < 1.29 is 14.6 Å². The van der Waals surface area contributed by atoms with Crippen LogP contribution in [0.3, 0.4) is 0 Å². The van der Waals surface area contributed by atoms with E-state index in [9.17, 15) is 9.90 Å². The smallest absolute Gasteiger partial charge is 0.227 e. The molecule has 1 aromatic heterocycles. The molecule has 1 N–H and O–H groups in total. The molecule has 2 atom stereocenters. The number of rotatable bonds is 5. The van der Waals surface area contributed by atoms with Crippen LogP contribution in [0.15, 0.2) is 42.9 Å². The van der Waals surface area contributed by atoms with Crippen molar-refractivity contribution in [2.45, 2.75) is 18.9 Å². The summed E-state index contributed by atoms with van der Waals surface area (Å²) in [5, 5.41) is 10.3. The number of aliphatic hydroxyl groups is 1. The van der Waals surface area contributed by atoms with Gasteiger partial charge in [0.25, 0.3) is 0 Å². The molecule has 0 saturated carbocycles. The number of hydrogen-bond acceptors (Lipinski definition) is 5. The second-order valence-corrected chi connectivity index (χ2v) is 6.06. The highest BCUT2D eigenvalue weighted by Crippen LogP contribution is 2.22. The molecule has 1 fully saturated rings. The van der Waals surface area contributed by atoms with Crippen molar-refractivity contribution in [2.75, 3.05) is 20.2 Å². The zero-order chi connectivity index (χ0) is 16.9. The fourth-order valence-electron chi connectivity index (χ4n) is 3.03. The molecule has 6 heteroatoms. The molecule has 0 aliphatic carbocycles. The lowest BCUT2D eigenvalue weighted by molar-refractivity contribution is -0.129. The number of β-amino-alcohol motifs (C(OH)–C–C–N with tert-alkyl or cyclic N) is 1. The van der Waals surface area contributed by atoms with Gasteiger partial charge in [0, 0.05) is 37.6 Å². The minimum absolute atomic E-state index is 0.00374. The summed E-state index contributed by atoms with van der Waals surface area (Å²) in [6, 6.07) is 7.49. The maximum Gasteiger partial charge on any atom is 0.227 e. The van der Waals surface area contributed by atoms with Gasteiger partial charge in [-0.2, -0.15) is 0 Å². The summed E-state index contributed by atoms with van der Waals surface area (Å²) in [5.74, 6) is 0.752. The molecule has 1 aliphatic rings. The number of amides is 1. The molecule has 24 heavy (non-hydrogen) atoms. The number of likely N-dealkylation sites (tertiary alicyclic amines) is 1. The van der Waals surface area contributed by atoms with Gasteiger partial charge in [-0.1, -0.05) is 12.1 Å². The number of benzene rings is 1. The summed E-state index contributed by atoms with van der Waals surface area (Å²) in [6.45, 7) is 0.911. The van der Waals surface area contributed by atoms with Gasteiger partial charge in [-0.3, -0.25) is 14.8 Å². The first kappa shape index (κ1) is 16.4. The molecule has 1 amide bonds. The average molecular weight is 327 g/mol. The Hall–Kier alpha value is -2.47. The maximum absolute atomic E-state index is 12.5. The standard InChI is InChI=1S/C18H21N3O3/c1-24-16-4-2-3-13(7-16)8-18(23)21-11-14(17(22)12-21)9-15-10-19-5-6-20-15/h2-7,10,14,17,22H,8-9,11-12H2,1H3/t14-,17-/m1/s1. The lowest BCUT2D eigenvalue weighted by atomic mass is 10.0. The van der Waals surface area contributed by atoms with Gasteiger partial charge >= 0.3 is 0 Å². The number of hydrogen-bond donors (Lipinski definition) is 1. The summed E-state index contributed by atoms with van der Waals surface area (Å²) in [6.07, 6.45) is 5.37. The number of aromatic nitrogens is 2. The molecule has 1 aromatic carbocycles. The van der Waals surface area contributed by atoms with Crippen molar-refractivity contribution in [1.29, 1.82) is 0 Å². The van der Waals surface area contributed by atoms with E-state index in [2.05, 4.69) is 9.97 Å². The van der Waals surface area contributed by atoms with E-state index in [0.29, 0.717) is 25.9 Å². The monoisotopic (exact) mass is 327 g/mol. The molecule has 1 aliphatic heterocycles. The minimum Gasteiger partial charge on any atom is -0.497 e. The van der Waals surface area contributed by atoms with Crippen LogP contribution in [0.5, 0.6) is 5.75 Å². The van der Waals surface area contributed by atoms with E-state index in [4.69, 9.17) is 4.74 Å². The molecule has 0 unspecified atom stereocenters. The van der Waals surface area contributed by atoms with Crippen LogP contribution < -0.4 is 4.74 Å². The first-order chi connectivity index (χ1) is 11.7. The van der Waals surface area contributed by atoms with Crippen LogP contribution in [0.1, 0.15) is 11.3 Å². The van der Waals surface area contributed by atoms with Gasteiger partial charge in [-0.15, -0.1) is 0 Å². The minimum atomic E-state index is -0.527. The number of aliphatic hydroxyl groups excluding tert-OH is 1. The fourth-order valence-corrected chi connectivity index (χ4v) is 3.03. The van der Waals surface area contributed by atoms with E-state index in [1.165, 1.54) is 0 Å². The quantitative estimate of drug-likeness (QED) is 0.890. The Bertz CT molecular complexity index is 693. The number of methoxy groups -OCH3 is 1. The fraction of sp³-hybridized carbons (Fsp3) is 0.389. The third-order valence-electron chi connectivity index (χ3n) is 4.34. The first-order valence-electron chi connectivity index (χ1n) is 7.99. The van der Waals surface area contributed by atoms with Gasteiger partial charge in [0.05, 0.1) is 25.3 Å². The van der Waals surface area contributed by atoms with Gasteiger partial charge in [0.2, 0.25) is 5.91 Å². The topological polar surface area (TPSA) is 75.5 Å². The normalized spacial score (nSPS) is 20.2. The molecule has 0 bridgehead atoms. The van der Waals surface area contributed by atoms with Crippen LogP contribution in [-0.4, -0.2) is 52.2 Å². The summed E-state index contributed by atoms with van der Waals surface area (Å²) >= 11 is 0. The second kappa shape index (κ2) is 7.40. The Morgan fingerprint density at radius 2 is 2.25 bits per heavy atom. The van der Waals surface area contributed by atoms with Crippen molar-refractivity contribution in [1.82, 2.24) is 14.9 Å². The Balaban J connectivity index is 1.60. The van der Waals surface area contributed by atoms with Crippen LogP contribution in [0.4, 0.5) is 0 Å². The van der Waals surface area contributed by atoms with Crippen molar-refractivity contribution in [3.05, 3.63) is 54.1 Å². The molecule has 0 spiro atoms. The van der Waals surface area contributed by atoms with E-state index >= 15 is 0 Å². The lowest BCUT2D eigenvalue weighted by Crippen LogP contribution is -2.31. The van der Waals surface area contributed by atoms with Crippen molar-refractivity contribution in [3.8, 4) is 5.75 Å². The lowest BCUT2D eigenvalue weighted by Gasteiger charge is -2.16. The zero-order valence-electron chi connectivity index (χ0n) is 13.6. The van der Waals surface area contributed by atoms with E-state index in [0.717, 1.165) is 17.0 Å². The van der Waals surface area contributed by atoms with Gasteiger partial charge in [0.15, 0.2) is 0 Å². The van der Waals surface area contributed by atoms with Crippen molar-refractivity contribution in [2.24, 2.45) is 5.92 Å². The predicted octanol–water partition coefficient (Wildman–Crippen LogP) is 1.09. The largest absolute Gasteiger partial charge is 0.497 e. The van der Waals surface area contributed by atoms with E-state index < -0.39 is 6.10 Å². The van der Waals surface area contributed by atoms with Crippen LogP contribution in [0.25, 0.3) is 0 Å². The Morgan fingerprint density at radius 1 is 1.38 bits per heavy atom. The molecule has 1 saturated heterocycles. The summed E-state index contributed by atoms with van der Waals surface area (Å²) in [7, 11) is 1.61. The number of nitrogens with zero attached hydrogens (tertiary/aromatic N) is 3. The van der Waals surface area contributed by atoms with Crippen molar-refractivity contribution in [3.63, 3.8) is 0 Å². The highest BCUT2D eigenvalue weighted by molar-refractivity contribution is 5.79. The Kier molecular flexibility index (Phi) is 5.05. The predicted molar refractivity (Wildman–Crippen MR) is 88.5 cm³/mol. The third kappa shape index (κ3) is 3.89. The average Bonchev–Trinajstić information content (AvgIpc) is 2.97.